The topological polar surface area (TPSA) is 49.4 Å². The minimum atomic E-state index is -3.76. The van der Waals surface area contributed by atoms with E-state index in [0.717, 1.165) is 43.6 Å². The second-order valence-electron chi connectivity index (χ2n) is 6.10. The Balaban J connectivity index is 1.79. The van der Waals surface area contributed by atoms with E-state index in [0.29, 0.717) is 0 Å². The van der Waals surface area contributed by atoms with E-state index in [4.69, 9.17) is 11.6 Å². The van der Waals surface area contributed by atoms with Crippen LogP contribution in [0.5, 0.6) is 0 Å². The number of nitrogens with one attached hydrogen (secondary N) is 1. The number of nitrogens with zero attached hydrogens (tertiary/aromatic N) is 1. The van der Waals surface area contributed by atoms with Gasteiger partial charge < -0.3 is 0 Å². The van der Waals surface area contributed by atoms with Crippen molar-refractivity contribution in [2.75, 3.05) is 19.6 Å². The highest BCUT2D eigenvalue weighted by Crippen LogP contribution is 2.25. The van der Waals surface area contributed by atoms with Gasteiger partial charge >= 0.3 is 0 Å². The highest BCUT2D eigenvalue weighted by Gasteiger charge is 2.25. The molecule has 0 saturated carbocycles. The molecule has 1 aliphatic rings. The van der Waals surface area contributed by atoms with Crippen LogP contribution >= 0.6 is 11.6 Å². The molecule has 2 aromatic carbocycles. The molecule has 2 aromatic rings. The van der Waals surface area contributed by atoms with Crippen LogP contribution < -0.4 is 4.72 Å². The fraction of sp³-hybridized carbons (Fsp3) is 0.333. The van der Waals surface area contributed by atoms with Crippen molar-refractivity contribution in [1.29, 1.82) is 0 Å². The highest BCUT2D eigenvalue weighted by molar-refractivity contribution is 7.89. The van der Waals surface area contributed by atoms with Gasteiger partial charge in [-0.3, -0.25) is 4.90 Å². The van der Waals surface area contributed by atoms with Gasteiger partial charge in [-0.25, -0.2) is 17.5 Å². The molecule has 0 aliphatic carbocycles. The number of sulfonamides is 1. The first kappa shape index (κ1) is 18.3. The summed E-state index contributed by atoms with van der Waals surface area (Å²) in [5.74, 6) is -0.639. The maximum absolute atomic E-state index is 13.3. The number of likely N-dealkylation sites (tertiary alicyclic amines) is 1. The molecule has 7 heteroatoms. The summed E-state index contributed by atoms with van der Waals surface area (Å²) in [6.45, 7) is 2.15. The Morgan fingerprint density at radius 2 is 1.80 bits per heavy atom. The Hall–Kier alpha value is -1.47. The summed E-state index contributed by atoms with van der Waals surface area (Å²) in [6.07, 6.45) is 2.23. The van der Waals surface area contributed by atoms with Crippen LogP contribution in [0.3, 0.4) is 0 Å². The summed E-state index contributed by atoms with van der Waals surface area (Å²) in [5.41, 5.74) is 1.07. The first-order chi connectivity index (χ1) is 12.0. The molecule has 3 rings (SSSR count). The second kappa shape index (κ2) is 7.83. The molecule has 0 bridgehead atoms. The predicted molar refractivity (Wildman–Crippen MR) is 96.6 cm³/mol. The third kappa shape index (κ3) is 4.39. The van der Waals surface area contributed by atoms with E-state index in [1.165, 1.54) is 6.07 Å². The third-order valence-electron chi connectivity index (χ3n) is 4.43. The summed E-state index contributed by atoms with van der Waals surface area (Å²) in [6, 6.07) is 13.2. The van der Waals surface area contributed by atoms with Crippen molar-refractivity contribution in [2.45, 2.75) is 23.8 Å². The summed E-state index contributed by atoms with van der Waals surface area (Å²) in [7, 11) is -3.76. The molecule has 0 radical (unpaired) electrons. The summed E-state index contributed by atoms with van der Waals surface area (Å²) < 4.78 is 41.0. The Labute approximate surface area is 152 Å². The van der Waals surface area contributed by atoms with E-state index in [1.54, 1.807) is 0 Å². The zero-order valence-electron chi connectivity index (χ0n) is 13.7. The second-order valence-corrected chi connectivity index (χ2v) is 8.27. The molecule has 25 heavy (non-hydrogen) atoms. The van der Waals surface area contributed by atoms with Gasteiger partial charge in [0.25, 0.3) is 0 Å². The van der Waals surface area contributed by atoms with Gasteiger partial charge in [-0.2, -0.15) is 0 Å². The number of hydrogen-bond donors (Lipinski definition) is 1. The van der Waals surface area contributed by atoms with Gasteiger partial charge in [-0.1, -0.05) is 41.9 Å². The van der Waals surface area contributed by atoms with E-state index in [9.17, 15) is 12.8 Å². The van der Waals surface area contributed by atoms with E-state index < -0.39 is 15.8 Å². The van der Waals surface area contributed by atoms with Gasteiger partial charge in [-0.15, -0.1) is 0 Å². The molecular formula is C18H20ClFN2O2S. The largest absolute Gasteiger partial charge is 0.295 e. The van der Waals surface area contributed by atoms with Crippen LogP contribution in [0.2, 0.25) is 5.02 Å². The normalized spacial score (nSPS) is 16.9. The summed E-state index contributed by atoms with van der Waals surface area (Å²) in [4.78, 5) is 2.25. The first-order valence-electron chi connectivity index (χ1n) is 8.21. The van der Waals surface area contributed by atoms with Gasteiger partial charge in [0.1, 0.15) is 5.82 Å². The molecule has 1 aliphatic heterocycles. The van der Waals surface area contributed by atoms with Crippen molar-refractivity contribution in [3.05, 3.63) is 64.9 Å². The first-order valence-corrected chi connectivity index (χ1v) is 10.1. The highest BCUT2D eigenvalue weighted by atomic mass is 35.5. The molecule has 1 saturated heterocycles. The lowest BCUT2D eigenvalue weighted by Crippen LogP contribution is -2.36. The molecule has 0 amide bonds. The Kier molecular flexibility index (Phi) is 5.74. The molecular weight excluding hydrogens is 363 g/mol. The van der Waals surface area contributed by atoms with Crippen LogP contribution in [0.25, 0.3) is 0 Å². The van der Waals surface area contributed by atoms with Crippen LogP contribution in [0, 0.1) is 5.82 Å². The van der Waals surface area contributed by atoms with Crippen molar-refractivity contribution in [3.8, 4) is 0 Å². The average Bonchev–Trinajstić information content (AvgIpc) is 3.12. The lowest BCUT2D eigenvalue weighted by molar-refractivity contribution is 0.246. The number of rotatable bonds is 6. The van der Waals surface area contributed by atoms with Crippen molar-refractivity contribution in [1.82, 2.24) is 9.62 Å². The molecule has 0 aromatic heterocycles. The van der Waals surface area contributed by atoms with Crippen LogP contribution in [0.4, 0.5) is 4.39 Å². The van der Waals surface area contributed by atoms with Gasteiger partial charge in [0.05, 0.1) is 9.92 Å². The van der Waals surface area contributed by atoms with Crippen molar-refractivity contribution in [2.24, 2.45) is 0 Å². The quantitative estimate of drug-likeness (QED) is 0.830. The SMILES string of the molecule is O=S(=O)(NC[C@H](c1ccccc1)N1CCCC1)c1ccc(F)c(Cl)c1. The molecule has 0 unspecified atom stereocenters. The van der Waals surface area contributed by atoms with Crippen LogP contribution in [0.15, 0.2) is 53.4 Å². The minimum Gasteiger partial charge on any atom is -0.295 e. The van der Waals surface area contributed by atoms with E-state index in [1.807, 2.05) is 30.3 Å². The number of hydrogen-bond acceptors (Lipinski definition) is 3. The van der Waals surface area contributed by atoms with Gasteiger partial charge in [0, 0.05) is 12.6 Å². The van der Waals surface area contributed by atoms with Gasteiger partial charge in [0.2, 0.25) is 10.0 Å². The summed E-state index contributed by atoms with van der Waals surface area (Å²) >= 11 is 5.71. The molecule has 0 spiro atoms. The van der Waals surface area contributed by atoms with E-state index in [2.05, 4.69) is 9.62 Å². The van der Waals surface area contributed by atoms with Crippen molar-refractivity contribution >= 4 is 21.6 Å². The Morgan fingerprint density at radius 3 is 2.44 bits per heavy atom. The number of halogens is 2. The Bertz CT molecular complexity index is 824. The van der Waals surface area contributed by atoms with Crippen molar-refractivity contribution < 1.29 is 12.8 Å². The standard InChI is InChI=1S/C18H20ClFN2O2S/c19-16-12-15(8-9-17(16)20)25(23,24)21-13-18(22-10-4-5-11-22)14-6-2-1-3-7-14/h1-3,6-9,12,18,21H,4-5,10-11,13H2/t18-/m1/s1. The maximum Gasteiger partial charge on any atom is 0.240 e. The maximum atomic E-state index is 13.3. The zero-order chi connectivity index (χ0) is 17.9. The van der Waals surface area contributed by atoms with Crippen LogP contribution in [0.1, 0.15) is 24.4 Å². The minimum absolute atomic E-state index is 0.0330. The Morgan fingerprint density at radius 1 is 1.12 bits per heavy atom. The van der Waals surface area contributed by atoms with Crippen molar-refractivity contribution in [3.63, 3.8) is 0 Å². The molecule has 1 heterocycles. The fourth-order valence-corrected chi connectivity index (χ4v) is 4.41. The van der Waals surface area contributed by atoms with E-state index >= 15 is 0 Å². The van der Waals surface area contributed by atoms with Crippen LogP contribution in [-0.2, 0) is 10.0 Å². The average molecular weight is 383 g/mol. The molecule has 1 fully saturated rings. The van der Waals surface area contributed by atoms with E-state index in [-0.39, 0.29) is 22.5 Å². The number of benzene rings is 2. The van der Waals surface area contributed by atoms with Gasteiger partial charge in [-0.05, 0) is 49.7 Å². The predicted octanol–water partition coefficient (Wildman–Crippen LogP) is 3.59. The molecule has 4 nitrogen and oxygen atoms in total. The fourth-order valence-electron chi connectivity index (χ4n) is 3.10. The third-order valence-corrected chi connectivity index (χ3v) is 6.14. The monoisotopic (exact) mass is 382 g/mol. The summed E-state index contributed by atoms with van der Waals surface area (Å²) in [5, 5.41) is -0.206. The van der Waals surface area contributed by atoms with Gasteiger partial charge in [0.15, 0.2) is 0 Å². The lowest BCUT2D eigenvalue weighted by Gasteiger charge is -2.28. The zero-order valence-corrected chi connectivity index (χ0v) is 15.2. The van der Waals surface area contributed by atoms with Crippen LogP contribution in [-0.4, -0.2) is 33.0 Å². The molecule has 1 N–H and O–H groups in total. The lowest BCUT2D eigenvalue weighted by atomic mass is 10.1. The smallest absolute Gasteiger partial charge is 0.240 e. The molecule has 1 atom stereocenters. The molecule has 134 valence electrons.